The van der Waals surface area contributed by atoms with Gasteiger partial charge in [-0.1, -0.05) is 42.1 Å². The number of nitrogens with one attached hydrogen (secondary N) is 1. The molecule has 1 aromatic heterocycles. The normalized spacial score (nSPS) is 12.7. The quantitative estimate of drug-likeness (QED) is 0.417. The van der Waals surface area contributed by atoms with Gasteiger partial charge >= 0.3 is 0 Å². The molecular formula is C20H15N3O3S. The zero-order valence-electron chi connectivity index (χ0n) is 14.2. The molecule has 7 heteroatoms. The minimum absolute atomic E-state index is 0.00634. The van der Waals surface area contributed by atoms with Crippen molar-refractivity contribution >= 4 is 29.1 Å². The van der Waals surface area contributed by atoms with Crippen LogP contribution in [0.1, 0.15) is 10.4 Å². The van der Waals surface area contributed by atoms with Crippen molar-refractivity contribution in [2.75, 3.05) is 17.7 Å². The second-order valence-corrected chi connectivity index (χ2v) is 6.86. The van der Waals surface area contributed by atoms with Gasteiger partial charge in [0.15, 0.2) is 12.4 Å². The molecule has 0 unspecified atom stereocenters. The Morgan fingerprint density at radius 1 is 1.11 bits per heavy atom. The summed E-state index contributed by atoms with van der Waals surface area (Å²) in [5.74, 6) is 0.527. The van der Waals surface area contributed by atoms with Crippen LogP contribution in [-0.2, 0) is 4.79 Å². The average Bonchev–Trinajstić information content (AvgIpc) is 2.72. The molecule has 0 atom stereocenters. The summed E-state index contributed by atoms with van der Waals surface area (Å²) in [5.41, 5.74) is 2.85. The minimum atomic E-state index is -0.226. The van der Waals surface area contributed by atoms with Crippen LogP contribution >= 0.6 is 11.8 Å². The molecule has 6 nitrogen and oxygen atoms in total. The number of hydrogen-bond donors (Lipinski definition) is 1. The van der Waals surface area contributed by atoms with Crippen LogP contribution in [0, 0.1) is 0 Å². The van der Waals surface area contributed by atoms with Gasteiger partial charge in [0.2, 0.25) is 0 Å². The van der Waals surface area contributed by atoms with Crippen LogP contribution in [0.15, 0.2) is 66.0 Å². The number of thioether (sulfide) groups is 1. The number of hydrogen-bond acceptors (Lipinski definition) is 6. The van der Waals surface area contributed by atoms with Gasteiger partial charge in [-0.25, -0.2) is 9.97 Å². The third-order valence-corrected chi connectivity index (χ3v) is 4.92. The van der Waals surface area contributed by atoms with Crippen LogP contribution in [0.3, 0.4) is 0 Å². The molecule has 3 aromatic rings. The summed E-state index contributed by atoms with van der Waals surface area (Å²) >= 11 is 1.35. The van der Waals surface area contributed by atoms with E-state index >= 15 is 0 Å². The standard InChI is InChI=1S/C20H15N3O3S/c24-17(14-6-7-18-16(8-14)23-19(25)10-26-18)11-27-20-9-15(21-12-22-20)13-4-2-1-3-5-13/h1-9,12H,10-11H2,(H,23,25). The number of nitrogens with zero attached hydrogens (tertiary/aromatic N) is 2. The number of amides is 1. The number of ketones is 1. The van der Waals surface area contributed by atoms with Gasteiger partial charge in [-0.15, -0.1) is 0 Å². The maximum Gasteiger partial charge on any atom is 0.262 e. The third-order valence-electron chi connectivity index (χ3n) is 4.00. The lowest BCUT2D eigenvalue weighted by Crippen LogP contribution is -2.25. The van der Waals surface area contributed by atoms with E-state index in [2.05, 4.69) is 15.3 Å². The van der Waals surface area contributed by atoms with Gasteiger partial charge in [0.05, 0.1) is 17.1 Å². The van der Waals surface area contributed by atoms with Crippen LogP contribution in [0.5, 0.6) is 5.75 Å². The number of carbonyl (C=O) groups is 2. The molecule has 1 aliphatic rings. The van der Waals surface area contributed by atoms with Crippen molar-refractivity contribution < 1.29 is 14.3 Å². The fourth-order valence-electron chi connectivity index (χ4n) is 2.66. The average molecular weight is 377 g/mol. The Bertz CT molecular complexity index is 1010. The summed E-state index contributed by atoms with van der Waals surface area (Å²) in [5, 5.41) is 3.44. The van der Waals surface area contributed by atoms with E-state index in [0.717, 1.165) is 16.3 Å². The molecule has 0 saturated carbocycles. The Morgan fingerprint density at radius 3 is 2.81 bits per heavy atom. The molecule has 0 bridgehead atoms. The second-order valence-electron chi connectivity index (χ2n) is 5.87. The molecule has 0 fully saturated rings. The number of anilines is 1. The van der Waals surface area contributed by atoms with E-state index in [-0.39, 0.29) is 24.1 Å². The molecule has 0 radical (unpaired) electrons. The number of aromatic nitrogens is 2. The number of Topliss-reactive ketones (excluding diaryl/α,β-unsaturated/α-hetero) is 1. The highest BCUT2D eigenvalue weighted by atomic mass is 32.2. The van der Waals surface area contributed by atoms with Gasteiger partial charge in [-0.3, -0.25) is 9.59 Å². The van der Waals surface area contributed by atoms with Crippen molar-refractivity contribution in [2.45, 2.75) is 5.03 Å². The van der Waals surface area contributed by atoms with E-state index in [1.807, 2.05) is 36.4 Å². The number of rotatable bonds is 5. The van der Waals surface area contributed by atoms with Crippen molar-refractivity contribution in [2.24, 2.45) is 0 Å². The van der Waals surface area contributed by atoms with Gasteiger partial charge in [0.25, 0.3) is 5.91 Å². The summed E-state index contributed by atoms with van der Waals surface area (Å²) in [7, 11) is 0. The maximum absolute atomic E-state index is 12.5. The number of ether oxygens (including phenoxy) is 1. The molecule has 2 aromatic carbocycles. The highest BCUT2D eigenvalue weighted by Gasteiger charge is 2.18. The highest BCUT2D eigenvalue weighted by Crippen LogP contribution is 2.29. The summed E-state index contributed by atoms with van der Waals surface area (Å²) in [6.45, 7) is -0.00634. The first-order chi connectivity index (χ1) is 13.2. The Kier molecular flexibility index (Phi) is 4.84. The Hall–Kier alpha value is -3.19. The van der Waals surface area contributed by atoms with E-state index < -0.39 is 0 Å². The largest absolute Gasteiger partial charge is 0.482 e. The monoisotopic (exact) mass is 377 g/mol. The molecule has 27 heavy (non-hydrogen) atoms. The van der Waals surface area contributed by atoms with Gasteiger partial charge in [0.1, 0.15) is 17.1 Å². The molecule has 2 heterocycles. The number of fused-ring (bicyclic) bond motifs is 1. The first kappa shape index (κ1) is 17.2. The smallest absolute Gasteiger partial charge is 0.262 e. The third kappa shape index (κ3) is 3.98. The van der Waals surface area contributed by atoms with Crippen molar-refractivity contribution in [3.63, 3.8) is 0 Å². The first-order valence-corrected chi connectivity index (χ1v) is 9.28. The number of carbonyl (C=O) groups excluding carboxylic acids is 2. The van der Waals surface area contributed by atoms with E-state index in [4.69, 9.17) is 4.74 Å². The molecule has 4 rings (SSSR count). The molecular weight excluding hydrogens is 362 g/mol. The fourth-order valence-corrected chi connectivity index (χ4v) is 3.43. The lowest BCUT2D eigenvalue weighted by molar-refractivity contribution is -0.118. The molecule has 1 N–H and O–H groups in total. The van der Waals surface area contributed by atoms with Crippen molar-refractivity contribution in [1.29, 1.82) is 0 Å². The zero-order valence-corrected chi connectivity index (χ0v) is 15.0. The van der Waals surface area contributed by atoms with Crippen LogP contribution in [-0.4, -0.2) is 34.0 Å². The van der Waals surface area contributed by atoms with Crippen molar-refractivity contribution in [3.05, 3.63) is 66.5 Å². The van der Waals surface area contributed by atoms with Crippen LogP contribution < -0.4 is 10.1 Å². The molecule has 0 spiro atoms. The van der Waals surface area contributed by atoms with E-state index in [0.29, 0.717) is 17.0 Å². The lowest BCUT2D eigenvalue weighted by Gasteiger charge is -2.18. The van der Waals surface area contributed by atoms with Crippen LogP contribution in [0.4, 0.5) is 5.69 Å². The Labute approximate surface area is 160 Å². The van der Waals surface area contributed by atoms with Gasteiger partial charge in [-0.2, -0.15) is 0 Å². The lowest BCUT2D eigenvalue weighted by atomic mass is 10.1. The summed E-state index contributed by atoms with van der Waals surface area (Å²) in [6, 6.07) is 16.7. The topological polar surface area (TPSA) is 81.2 Å². The summed E-state index contributed by atoms with van der Waals surface area (Å²) in [4.78, 5) is 32.5. The van der Waals surface area contributed by atoms with E-state index in [1.54, 1.807) is 18.2 Å². The molecule has 0 aliphatic carbocycles. The second kappa shape index (κ2) is 7.59. The Morgan fingerprint density at radius 2 is 1.96 bits per heavy atom. The zero-order chi connectivity index (χ0) is 18.6. The van der Waals surface area contributed by atoms with Crippen LogP contribution in [0.2, 0.25) is 0 Å². The van der Waals surface area contributed by atoms with Crippen molar-refractivity contribution in [1.82, 2.24) is 9.97 Å². The van der Waals surface area contributed by atoms with Crippen molar-refractivity contribution in [3.8, 4) is 17.0 Å². The predicted octanol–water partition coefficient (Wildman–Crippen LogP) is 3.45. The summed E-state index contributed by atoms with van der Waals surface area (Å²) in [6.07, 6.45) is 1.50. The number of benzene rings is 2. The fraction of sp³-hybridized carbons (Fsp3) is 0.100. The highest BCUT2D eigenvalue weighted by molar-refractivity contribution is 7.99. The molecule has 134 valence electrons. The van der Waals surface area contributed by atoms with E-state index in [9.17, 15) is 9.59 Å². The van der Waals surface area contributed by atoms with Crippen LogP contribution in [0.25, 0.3) is 11.3 Å². The Balaban J connectivity index is 1.45. The maximum atomic E-state index is 12.5. The first-order valence-electron chi connectivity index (χ1n) is 8.29. The minimum Gasteiger partial charge on any atom is -0.482 e. The molecule has 1 amide bonds. The molecule has 0 saturated heterocycles. The SMILES string of the molecule is O=C1COc2ccc(C(=O)CSc3cc(-c4ccccc4)ncn3)cc2N1. The molecule has 1 aliphatic heterocycles. The van der Waals surface area contributed by atoms with E-state index in [1.165, 1.54) is 18.1 Å². The summed E-state index contributed by atoms with van der Waals surface area (Å²) < 4.78 is 5.31. The van der Waals surface area contributed by atoms with Gasteiger partial charge in [0, 0.05) is 11.1 Å². The van der Waals surface area contributed by atoms with Gasteiger partial charge in [-0.05, 0) is 24.3 Å². The van der Waals surface area contributed by atoms with Gasteiger partial charge < -0.3 is 10.1 Å². The predicted molar refractivity (Wildman–Crippen MR) is 103 cm³/mol.